The Morgan fingerprint density at radius 3 is 1.97 bits per heavy atom. The van der Waals surface area contributed by atoms with Crippen LogP contribution >= 0.6 is 23.2 Å². The minimum absolute atomic E-state index is 0.200. The number of ketones is 1. The molecule has 31 heavy (non-hydrogen) atoms. The molecule has 4 rings (SSSR count). The van der Waals surface area contributed by atoms with Gasteiger partial charge in [-0.05, 0) is 59.4 Å². The second-order valence-corrected chi connectivity index (χ2v) is 8.83. The number of carbonyl (C=O) groups excluding carboxylic acids is 1. The molecular formula is C27H25Cl2NO. The van der Waals surface area contributed by atoms with Crippen molar-refractivity contribution in [1.29, 1.82) is 0 Å². The molecule has 0 bridgehead atoms. The quantitative estimate of drug-likeness (QED) is 0.363. The van der Waals surface area contributed by atoms with Crippen molar-refractivity contribution < 1.29 is 4.79 Å². The molecule has 0 atom stereocenters. The van der Waals surface area contributed by atoms with E-state index in [1.54, 1.807) is 0 Å². The van der Waals surface area contributed by atoms with Gasteiger partial charge in [-0.1, -0.05) is 77.8 Å². The SMILES string of the molecule is O=C(CCN1CC=C(c2ccc(Cl)cc2)CC1)c1ccc(Cc2ccc(Cl)cc2)cc1. The van der Waals surface area contributed by atoms with Crippen molar-refractivity contribution in [3.8, 4) is 0 Å². The summed E-state index contributed by atoms with van der Waals surface area (Å²) in [6.07, 6.45) is 4.64. The zero-order valence-corrected chi connectivity index (χ0v) is 18.9. The highest BCUT2D eigenvalue weighted by Gasteiger charge is 2.15. The predicted octanol–water partition coefficient (Wildman–Crippen LogP) is 6.95. The van der Waals surface area contributed by atoms with Gasteiger partial charge in [-0.2, -0.15) is 0 Å². The van der Waals surface area contributed by atoms with E-state index in [-0.39, 0.29) is 5.78 Å². The summed E-state index contributed by atoms with van der Waals surface area (Å²) in [5, 5.41) is 1.51. The molecule has 0 saturated carbocycles. The van der Waals surface area contributed by atoms with Crippen LogP contribution in [-0.2, 0) is 6.42 Å². The third kappa shape index (κ3) is 6.07. The molecule has 1 heterocycles. The van der Waals surface area contributed by atoms with Crippen LogP contribution in [0.1, 0.15) is 39.9 Å². The van der Waals surface area contributed by atoms with Crippen molar-refractivity contribution in [3.63, 3.8) is 0 Å². The summed E-state index contributed by atoms with van der Waals surface area (Å²) in [4.78, 5) is 15.0. The normalized spacial score (nSPS) is 14.3. The zero-order valence-electron chi connectivity index (χ0n) is 17.4. The number of rotatable bonds is 7. The van der Waals surface area contributed by atoms with E-state index < -0.39 is 0 Å². The first-order valence-corrected chi connectivity index (χ1v) is 11.4. The lowest BCUT2D eigenvalue weighted by Gasteiger charge is -2.26. The Kier molecular flexibility index (Phi) is 7.24. The van der Waals surface area contributed by atoms with E-state index in [0.29, 0.717) is 6.42 Å². The molecule has 3 aromatic carbocycles. The fourth-order valence-electron chi connectivity index (χ4n) is 3.89. The Bertz CT molecular complexity index is 1050. The van der Waals surface area contributed by atoms with Crippen molar-refractivity contribution in [1.82, 2.24) is 4.90 Å². The van der Waals surface area contributed by atoms with Crippen LogP contribution in [0.15, 0.2) is 78.9 Å². The summed E-state index contributed by atoms with van der Waals surface area (Å²) in [6.45, 7) is 2.64. The molecule has 0 amide bonds. The Balaban J connectivity index is 1.27. The lowest BCUT2D eigenvalue weighted by Crippen LogP contribution is -2.30. The van der Waals surface area contributed by atoms with Crippen molar-refractivity contribution in [2.75, 3.05) is 19.6 Å². The molecule has 1 aliphatic rings. The average Bonchev–Trinajstić information content (AvgIpc) is 2.80. The van der Waals surface area contributed by atoms with Gasteiger partial charge in [0.2, 0.25) is 0 Å². The number of halogens is 2. The average molecular weight is 450 g/mol. The first-order valence-electron chi connectivity index (χ1n) is 10.6. The summed E-state index contributed by atoms with van der Waals surface area (Å²) in [5.74, 6) is 0.200. The Labute approximate surface area is 194 Å². The van der Waals surface area contributed by atoms with Crippen LogP contribution in [0.2, 0.25) is 10.0 Å². The largest absolute Gasteiger partial charge is 0.299 e. The highest BCUT2D eigenvalue weighted by molar-refractivity contribution is 6.30. The third-order valence-electron chi connectivity index (χ3n) is 5.76. The summed E-state index contributed by atoms with van der Waals surface area (Å²) < 4.78 is 0. The van der Waals surface area contributed by atoms with Crippen LogP contribution in [0, 0.1) is 0 Å². The lowest BCUT2D eigenvalue weighted by molar-refractivity contribution is 0.0966. The third-order valence-corrected chi connectivity index (χ3v) is 6.26. The summed E-state index contributed by atoms with van der Waals surface area (Å²) in [7, 11) is 0. The van der Waals surface area contributed by atoms with Gasteiger partial charge in [-0.15, -0.1) is 0 Å². The van der Waals surface area contributed by atoms with Gasteiger partial charge < -0.3 is 0 Å². The number of benzene rings is 3. The van der Waals surface area contributed by atoms with Crippen molar-refractivity contribution >= 4 is 34.6 Å². The topological polar surface area (TPSA) is 20.3 Å². The first kappa shape index (κ1) is 21.8. The Morgan fingerprint density at radius 2 is 1.39 bits per heavy atom. The molecule has 0 aromatic heterocycles. The molecule has 1 aliphatic heterocycles. The molecule has 0 N–H and O–H groups in total. The highest BCUT2D eigenvalue weighted by atomic mass is 35.5. The molecule has 3 aromatic rings. The van der Waals surface area contributed by atoms with Gasteiger partial charge in [0.1, 0.15) is 0 Å². The van der Waals surface area contributed by atoms with E-state index in [4.69, 9.17) is 23.2 Å². The molecule has 158 valence electrons. The van der Waals surface area contributed by atoms with Gasteiger partial charge in [-0.3, -0.25) is 9.69 Å². The minimum Gasteiger partial charge on any atom is -0.299 e. The minimum atomic E-state index is 0.200. The van der Waals surface area contributed by atoms with Crippen LogP contribution in [-0.4, -0.2) is 30.3 Å². The monoisotopic (exact) mass is 449 g/mol. The number of hydrogen-bond acceptors (Lipinski definition) is 2. The fraction of sp³-hybridized carbons (Fsp3) is 0.222. The Hall–Kier alpha value is -2.39. The van der Waals surface area contributed by atoms with Gasteiger partial charge in [0.15, 0.2) is 5.78 Å². The maximum Gasteiger partial charge on any atom is 0.164 e. The molecular weight excluding hydrogens is 425 g/mol. The van der Waals surface area contributed by atoms with Crippen LogP contribution in [0.5, 0.6) is 0 Å². The second kappa shape index (κ2) is 10.3. The van der Waals surface area contributed by atoms with E-state index in [2.05, 4.69) is 23.1 Å². The molecule has 0 fully saturated rings. The van der Waals surface area contributed by atoms with Gasteiger partial charge >= 0.3 is 0 Å². The maximum absolute atomic E-state index is 12.6. The van der Waals surface area contributed by atoms with Gasteiger partial charge in [0.05, 0.1) is 0 Å². The summed E-state index contributed by atoms with van der Waals surface area (Å²) in [5.41, 5.74) is 5.78. The number of carbonyl (C=O) groups is 1. The van der Waals surface area contributed by atoms with Gasteiger partial charge in [0.25, 0.3) is 0 Å². The van der Waals surface area contributed by atoms with Crippen molar-refractivity contribution in [3.05, 3.63) is 111 Å². The molecule has 0 unspecified atom stereocenters. The van der Waals surface area contributed by atoms with Crippen LogP contribution in [0.4, 0.5) is 0 Å². The smallest absolute Gasteiger partial charge is 0.164 e. The molecule has 4 heteroatoms. The second-order valence-electron chi connectivity index (χ2n) is 7.96. The number of hydrogen-bond donors (Lipinski definition) is 0. The van der Waals surface area contributed by atoms with E-state index in [9.17, 15) is 4.79 Å². The Morgan fingerprint density at radius 1 is 0.806 bits per heavy atom. The van der Waals surface area contributed by atoms with E-state index >= 15 is 0 Å². The van der Waals surface area contributed by atoms with Crippen molar-refractivity contribution in [2.24, 2.45) is 0 Å². The summed E-state index contributed by atoms with van der Waals surface area (Å²) in [6, 6.07) is 23.9. The highest BCUT2D eigenvalue weighted by Crippen LogP contribution is 2.24. The first-order chi connectivity index (χ1) is 15.1. The van der Waals surface area contributed by atoms with Gasteiger partial charge in [-0.25, -0.2) is 0 Å². The van der Waals surface area contributed by atoms with Gasteiger partial charge in [0, 0.05) is 41.7 Å². The standard InChI is InChI=1S/C27H25Cl2NO/c28-25-9-3-21(4-10-25)19-20-1-5-24(6-2-20)27(31)15-18-30-16-13-23(14-17-30)22-7-11-26(29)12-8-22/h1-13H,14-19H2. The van der Waals surface area contributed by atoms with Crippen LogP contribution in [0.25, 0.3) is 5.57 Å². The van der Waals surface area contributed by atoms with Crippen LogP contribution < -0.4 is 0 Å². The molecule has 0 aliphatic carbocycles. The predicted molar refractivity (Wildman–Crippen MR) is 130 cm³/mol. The van der Waals surface area contributed by atoms with E-state index in [1.807, 2.05) is 60.7 Å². The molecule has 2 nitrogen and oxygen atoms in total. The molecule has 0 radical (unpaired) electrons. The molecule has 0 spiro atoms. The number of nitrogens with zero attached hydrogens (tertiary/aromatic N) is 1. The lowest BCUT2D eigenvalue weighted by atomic mass is 9.99. The fourth-order valence-corrected chi connectivity index (χ4v) is 4.14. The van der Waals surface area contributed by atoms with E-state index in [0.717, 1.165) is 48.1 Å². The van der Waals surface area contributed by atoms with Crippen LogP contribution in [0.3, 0.4) is 0 Å². The van der Waals surface area contributed by atoms with E-state index in [1.165, 1.54) is 22.3 Å². The maximum atomic E-state index is 12.6. The van der Waals surface area contributed by atoms with Crippen molar-refractivity contribution in [2.45, 2.75) is 19.3 Å². The zero-order chi connectivity index (χ0) is 21.6. The molecule has 0 saturated heterocycles. The summed E-state index contributed by atoms with van der Waals surface area (Å²) >= 11 is 11.9. The number of Topliss-reactive ketones (excluding diaryl/α,β-unsaturated/α-hetero) is 1.